The van der Waals surface area contributed by atoms with Gasteiger partial charge < -0.3 is 10.2 Å². The maximum Gasteiger partial charge on any atom is 0.203 e. The summed E-state index contributed by atoms with van der Waals surface area (Å²) in [5.74, 6) is 0.681. The van der Waals surface area contributed by atoms with Crippen LogP contribution in [0.5, 0.6) is 11.5 Å². The van der Waals surface area contributed by atoms with Gasteiger partial charge in [-0.15, -0.1) is 10.2 Å². The smallest absolute Gasteiger partial charge is 0.203 e. The number of pyridine rings is 1. The number of phenolic OH excluding ortho intramolecular Hbond substituents is 1. The van der Waals surface area contributed by atoms with E-state index in [1.54, 1.807) is 47.0 Å². The minimum atomic E-state index is 0.0571. The molecule has 2 aromatic heterocycles. The average molecular weight is 227 g/mol. The van der Waals surface area contributed by atoms with E-state index in [2.05, 4.69) is 10.2 Å². The third-order valence-corrected chi connectivity index (χ3v) is 2.56. The minimum absolute atomic E-state index is 0.0571. The number of fused-ring (bicyclic) bond motifs is 1. The predicted molar refractivity (Wildman–Crippen MR) is 61.8 cm³/mol. The summed E-state index contributed by atoms with van der Waals surface area (Å²) in [6, 6.07) is 10.1. The molecule has 0 amide bonds. The van der Waals surface area contributed by atoms with Crippen molar-refractivity contribution in [1.29, 1.82) is 0 Å². The molecule has 17 heavy (non-hydrogen) atoms. The molecule has 5 nitrogen and oxygen atoms in total. The Morgan fingerprint density at radius 2 is 1.65 bits per heavy atom. The standard InChI is InChI=1S/C12H9N3O2/c16-9-5-2-1-4-8(9)11-13-14-12-10(17)6-3-7-15(11)12/h1-7,16-17H. The van der Waals surface area contributed by atoms with Gasteiger partial charge in [0.2, 0.25) is 5.65 Å². The Hall–Kier alpha value is -2.56. The van der Waals surface area contributed by atoms with Crippen LogP contribution < -0.4 is 0 Å². The Balaban J connectivity index is 2.33. The van der Waals surface area contributed by atoms with Gasteiger partial charge in [0, 0.05) is 6.20 Å². The van der Waals surface area contributed by atoms with Crippen LogP contribution in [0.3, 0.4) is 0 Å². The van der Waals surface area contributed by atoms with Crippen LogP contribution in [0.4, 0.5) is 0 Å². The highest BCUT2D eigenvalue weighted by atomic mass is 16.3. The van der Waals surface area contributed by atoms with E-state index in [1.165, 1.54) is 0 Å². The number of aromatic nitrogens is 3. The number of nitrogens with zero attached hydrogens (tertiary/aromatic N) is 3. The number of phenols is 1. The summed E-state index contributed by atoms with van der Waals surface area (Å²) in [6.45, 7) is 0. The molecular formula is C12H9N3O2. The van der Waals surface area contributed by atoms with Gasteiger partial charge in [-0.25, -0.2) is 0 Å². The number of hydrogen-bond donors (Lipinski definition) is 2. The highest BCUT2D eigenvalue weighted by Crippen LogP contribution is 2.28. The van der Waals surface area contributed by atoms with Crippen molar-refractivity contribution >= 4 is 5.65 Å². The molecule has 0 fully saturated rings. The Labute approximate surface area is 96.6 Å². The molecule has 0 saturated carbocycles. The Kier molecular flexibility index (Phi) is 1.98. The predicted octanol–water partition coefficient (Wildman–Crippen LogP) is 1.81. The summed E-state index contributed by atoms with van der Waals surface area (Å²) in [5.41, 5.74) is 0.941. The van der Waals surface area contributed by atoms with Gasteiger partial charge in [-0.1, -0.05) is 12.1 Å². The molecule has 2 N–H and O–H groups in total. The molecule has 0 spiro atoms. The van der Waals surface area contributed by atoms with Crippen LogP contribution in [0.15, 0.2) is 42.6 Å². The second-order valence-electron chi connectivity index (χ2n) is 3.63. The third-order valence-electron chi connectivity index (χ3n) is 2.56. The maximum absolute atomic E-state index is 9.77. The van der Waals surface area contributed by atoms with Gasteiger partial charge in [-0.3, -0.25) is 4.40 Å². The molecule has 84 valence electrons. The fourth-order valence-electron chi connectivity index (χ4n) is 1.75. The number of rotatable bonds is 1. The second-order valence-corrected chi connectivity index (χ2v) is 3.63. The lowest BCUT2D eigenvalue weighted by molar-refractivity contribution is 0.475. The third kappa shape index (κ3) is 1.40. The number of benzene rings is 1. The SMILES string of the molecule is Oc1ccccc1-c1nnc2c(O)cccn12. The van der Waals surface area contributed by atoms with Gasteiger partial charge in [0.25, 0.3) is 0 Å². The van der Waals surface area contributed by atoms with Gasteiger partial charge in [-0.2, -0.15) is 0 Å². The first-order valence-electron chi connectivity index (χ1n) is 5.08. The molecule has 0 aliphatic rings. The van der Waals surface area contributed by atoms with E-state index in [0.29, 0.717) is 17.0 Å². The number of hydrogen-bond acceptors (Lipinski definition) is 4. The summed E-state index contributed by atoms with van der Waals surface area (Å²) >= 11 is 0. The van der Waals surface area contributed by atoms with Crippen molar-refractivity contribution in [3.63, 3.8) is 0 Å². The fraction of sp³-hybridized carbons (Fsp3) is 0. The number of para-hydroxylation sites is 1. The summed E-state index contributed by atoms with van der Waals surface area (Å²) in [4.78, 5) is 0. The zero-order chi connectivity index (χ0) is 11.8. The van der Waals surface area contributed by atoms with Gasteiger partial charge >= 0.3 is 0 Å². The van der Waals surface area contributed by atoms with Crippen molar-refractivity contribution in [2.75, 3.05) is 0 Å². The van der Waals surface area contributed by atoms with E-state index in [0.717, 1.165) is 0 Å². The average Bonchev–Trinajstić information content (AvgIpc) is 2.75. The van der Waals surface area contributed by atoms with E-state index >= 15 is 0 Å². The first kappa shape index (κ1) is 9.65. The van der Waals surface area contributed by atoms with Crippen molar-refractivity contribution in [2.45, 2.75) is 0 Å². The fourth-order valence-corrected chi connectivity index (χ4v) is 1.75. The normalized spacial score (nSPS) is 10.8. The summed E-state index contributed by atoms with van der Waals surface area (Å²) in [5, 5.41) is 27.3. The monoisotopic (exact) mass is 227 g/mol. The van der Waals surface area contributed by atoms with Crippen molar-refractivity contribution in [3.05, 3.63) is 42.6 Å². The van der Waals surface area contributed by atoms with Crippen LogP contribution >= 0.6 is 0 Å². The van der Waals surface area contributed by atoms with Gasteiger partial charge in [0.15, 0.2) is 11.6 Å². The molecule has 0 unspecified atom stereocenters. The van der Waals surface area contributed by atoms with Gasteiger partial charge in [0.05, 0.1) is 5.56 Å². The van der Waals surface area contributed by atoms with E-state index in [4.69, 9.17) is 0 Å². The Morgan fingerprint density at radius 3 is 2.47 bits per heavy atom. The second kappa shape index (κ2) is 3.48. The highest BCUT2D eigenvalue weighted by Gasteiger charge is 2.12. The molecule has 0 aliphatic heterocycles. The van der Waals surface area contributed by atoms with E-state index in [9.17, 15) is 10.2 Å². The van der Waals surface area contributed by atoms with E-state index < -0.39 is 0 Å². The zero-order valence-electron chi connectivity index (χ0n) is 8.78. The van der Waals surface area contributed by atoms with Crippen LogP contribution in [0.2, 0.25) is 0 Å². The Morgan fingerprint density at radius 1 is 0.882 bits per heavy atom. The lowest BCUT2D eigenvalue weighted by Gasteiger charge is -2.02. The lowest BCUT2D eigenvalue weighted by Crippen LogP contribution is -1.89. The molecule has 0 aliphatic carbocycles. The zero-order valence-corrected chi connectivity index (χ0v) is 8.78. The molecular weight excluding hydrogens is 218 g/mol. The van der Waals surface area contributed by atoms with Crippen LogP contribution in [0, 0.1) is 0 Å². The highest BCUT2D eigenvalue weighted by molar-refractivity contribution is 5.67. The van der Waals surface area contributed by atoms with Crippen molar-refractivity contribution in [2.24, 2.45) is 0 Å². The Bertz CT molecular complexity index is 691. The largest absolute Gasteiger partial charge is 0.507 e. The van der Waals surface area contributed by atoms with Crippen LogP contribution in [-0.4, -0.2) is 24.8 Å². The molecule has 0 saturated heterocycles. The van der Waals surface area contributed by atoms with Crippen LogP contribution in [0.25, 0.3) is 17.0 Å². The van der Waals surface area contributed by atoms with Crippen molar-refractivity contribution in [3.8, 4) is 22.9 Å². The van der Waals surface area contributed by atoms with E-state index in [-0.39, 0.29) is 11.5 Å². The topological polar surface area (TPSA) is 70.7 Å². The molecule has 5 heteroatoms. The minimum Gasteiger partial charge on any atom is -0.507 e. The molecule has 1 aromatic carbocycles. The summed E-state index contributed by atoms with van der Waals surface area (Å²) < 4.78 is 1.63. The van der Waals surface area contributed by atoms with Gasteiger partial charge in [0.1, 0.15) is 5.75 Å². The molecule has 0 atom stereocenters. The first-order chi connectivity index (χ1) is 8.27. The van der Waals surface area contributed by atoms with Crippen molar-refractivity contribution < 1.29 is 10.2 Å². The van der Waals surface area contributed by atoms with Gasteiger partial charge in [-0.05, 0) is 24.3 Å². The van der Waals surface area contributed by atoms with Crippen LogP contribution in [0.1, 0.15) is 0 Å². The summed E-state index contributed by atoms with van der Waals surface area (Å²) in [7, 11) is 0. The first-order valence-corrected chi connectivity index (χ1v) is 5.08. The van der Waals surface area contributed by atoms with Crippen LogP contribution in [-0.2, 0) is 0 Å². The number of aromatic hydroxyl groups is 2. The van der Waals surface area contributed by atoms with Crippen molar-refractivity contribution in [1.82, 2.24) is 14.6 Å². The molecule has 0 radical (unpaired) electrons. The molecule has 3 aromatic rings. The molecule has 2 heterocycles. The molecule has 3 rings (SSSR count). The molecule has 0 bridgehead atoms. The lowest BCUT2D eigenvalue weighted by atomic mass is 10.2. The maximum atomic E-state index is 9.77. The quantitative estimate of drug-likeness (QED) is 0.665. The summed E-state index contributed by atoms with van der Waals surface area (Å²) in [6.07, 6.45) is 1.73. The van der Waals surface area contributed by atoms with E-state index in [1.807, 2.05) is 0 Å².